The maximum atomic E-state index is 12.3. The fraction of sp³-hybridized carbons (Fsp3) is 0.136. The molecule has 0 spiro atoms. The highest BCUT2D eigenvalue weighted by Crippen LogP contribution is 2.27. The van der Waals surface area contributed by atoms with Crippen molar-refractivity contribution < 1.29 is 9.53 Å². The number of amides is 1. The molecular weight excluding hydrogens is 342 g/mol. The molecule has 0 aliphatic rings. The number of benzene rings is 3. The van der Waals surface area contributed by atoms with Crippen LogP contribution < -0.4 is 10.1 Å². The van der Waals surface area contributed by atoms with Crippen LogP contribution in [0, 0.1) is 0 Å². The molecule has 3 aromatic rings. The van der Waals surface area contributed by atoms with Crippen LogP contribution in [-0.2, 0) is 10.5 Å². The second-order valence-corrected chi connectivity index (χ2v) is 6.79. The Kier molecular flexibility index (Phi) is 6.34. The van der Waals surface area contributed by atoms with Crippen molar-refractivity contribution in [1.29, 1.82) is 0 Å². The number of rotatable bonds is 7. The van der Waals surface area contributed by atoms with Crippen LogP contribution in [0.5, 0.6) is 5.75 Å². The molecule has 0 radical (unpaired) electrons. The lowest BCUT2D eigenvalue weighted by Crippen LogP contribution is -2.14. The first-order valence-corrected chi connectivity index (χ1v) is 9.57. The van der Waals surface area contributed by atoms with Gasteiger partial charge in [-0.3, -0.25) is 4.79 Å². The highest BCUT2D eigenvalue weighted by molar-refractivity contribution is 7.99. The van der Waals surface area contributed by atoms with Gasteiger partial charge >= 0.3 is 0 Å². The monoisotopic (exact) mass is 363 g/mol. The third-order valence-electron chi connectivity index (χ3n) is 3.95. The van der Waals surface area contributed by atoms with Gasteiger partial charge in [-0.2, -0.15) is 0 Å². The number of anilines is 1. The Hall–Kier alpha value is -2.72. The Morgan fingerprint density at radius 3 is 2.35 bits per heavy atom. The second-order valence-electron chi connectivity index (χ2n) is 5.80. The fourth-order valence-corrected chi connectivity index (χ4v) is 3.42. The molecular formula is C22H21NO2S. The summed E-state index contributed by atoms with van der Waals surface area (Å²) in [5.74, 6) is 2.05. The van der Waals surface area contributed by atoms with Crippen LogP contribution >= 0.6 is 11.8 Å². The largest absolute Gasteiger partial charge is 0.497 e. The van der Waals surface area contributed by atoms with Crippen LogP contribution in [0.3, 0.4) is 0 Å². The molecule has 0 saturated heterocycles. The number of hydrogen-bond donors (Lipinski definition) is 1. The van der Waals surface area contributed by atoms with E-state index < -0.39 is 0 Å². The van der Waals surface area contributed by atoms with E-state index in [0.29, 0.717) is 5.75 Å². The number of hydrogen-bond acceptors (Lipinski definition) is 3. The summed E-state index contributed by atoms with van der Waals surface area (Å²) in [4.78, 5) is 12.3. The standard InChI is InChI=1S/C22H21NO2S/c1-25-19-13-11-17(12-14-19)15-26-16-22(24)23-21-10-6-5-9-20(21)18-7-3-2-4-8-18/h2-14H,15-16H2,1H3,(H,23,24). The minimum Gasteiger partial charge on any atom is -0.497 e. The fourth-order valence-electron chi connectivity index (χ4n) is 2.63. The summed E-state index contributed by atoms with van der Waals surface area (Å²) in [6.07, 6.45) is 0. The van der Waals surface area contributed by atoms with Gasteiger partial charge in [0.2, 0.25) is 5.91 Å². The predicted octanol–water partition coefficient (Wildman–Crippen LogP) is 5.23. The summed E-state index contributed by atoms with van der Waals surface area (Å²) in [5.41, 5.74) is 4.14. The Bertz CT molecular complexity index is 848. The topological polar surface area (TPSA) is 38.3 Å². The van der Waals surface area contributed by atoms with Crippen molar-refractivity contribution in [2.75, 3.05) is 18.2 Å². The molecule has 0 atom stereocenters. The van der Waals surface area contributed by atoms with Gasteiger partial charge in [-0.25, -0.2) is 0 Å². The lowest BCUT2D eigenvalue weighted by Gasteiger charge is -2.11. The summed E-state index contributed by atoms with van der Waals surface area (Å²) in [7, 11) is 1.65. The minimum atomic E-state index is 0.00638. The van der Waals surface area contributed by atoms with Crippen molar-refractivity contribution >= 4 is 23.4 Å². The Balaban J connectivity index is 1.57. The molecule has 26 heavy (non-hydrogen) atoms. The average molecular weight is 363 g/mol. The lowest BCUT2D eigenvalue weighted by atomic mass is 10.0. The van der Waals surface area contributed by atoms with E-state index in [4.69, 9.17) is 4.74 Å². The van der Waals surface area contributed by atoms with Gasteiger partial charge in [-0.05, 0) is 29.3 Å². The van der Waals surface area contributed by atoms with Crippen LogP contribution in [0.4, 0.5) is 5.69 Å². The zero-order valence-corrected chi connectivity index (χ0v) is 15.5. The van der Waals surface area contributed by atoms with Crippen molar-refractivity contribution in [1.82, 2.24) is 0 Å². The normalized spacial score (nSPS) is 10.3. The molecule has 132 valence electrons. The van der Waals surface area contributed by atoms with E-state index in [0.717, 1.165) is 28.3 Å². The number of methoxy groups -OCH3 is 1. The first-order valence-electron chi connectivity index (χ1n) is 8.41. The highest BCUT2D eigenvalue weighted by Gasteiger charge is 2.08. The molecule has 0 aliphatic heterocycles. The maximum Gasteiger partial charge on any atom is 0.234 e. The first-order chi connectivity index (χ1) is 12.8. The predicted molar refractivity (Wildman–Crippen MR) is 110 cm³/mol. The Morgan fingerprint density at radius 2 is 1.62 bits per heavy atom. The SMILES string of the molecule is COc1ccc(CSCC(=O)Nc2ccccc2-c2ccccc2)cc1. The number of ether oxygens (including phenoxy) is 1. The van der Waals surface area contributed by atoms with E-state index in [1.54, 1.807) is 18.9 Å². The van der Waals surface area contributed by atoms with Crippen molar-refractivity contribution in [3.63, 3.8) is 0 Å². The summed E-state index contributed by atoms with van der Waals surface area (Å²) < 4.78 is 5.16. The van der Waals surface area contributed by atoms with Gasteiger partial charge in [-0.15, -0.1) is 11.8 Å². The molecule has 0 aromatic heterocycles. The zero-order chi connectivity index (χ0) is 18.2. The summed E-state index contributed by atoms with van der Waals surface area (Å²) in [5, 5.41) is 3.03. The van der Waals surface area contributed by atoms with Crippen LogP contribution in [0.2, 0.25) is 0 Å². The number of carbonyl (C=O) groups is 1. The van der Waals surface area contributed by atoms with E-state index in [2.05, 4.69) is 5.32 Å². The minimum absolute atomic E-state index is 0.00638. The molecule has 0 fully saturated rings. The quantitative estimate of drug-likeness (QED) is 0.624. The maximum absolute atomic E-state index is 12.3. The first kappa shape index (κ1) is 18.1. The molecule has 0 aliphatic carbocycles. The number of para-hydroxylation sites is 1. The van der Waals surface area contributed by atoms with Gasteiger partial charge in [-0.1, -0.05) is 60.7 Å². The number of thioether (sulfide) groups is 1. The highest BCUT2D eigenvalue weighted by atomic mass is 32.2. The van der Waals surface area contributed by atoms with E-state index >= 15 is 0 Å². The van der Waals surface area contributed by atoms with Crippen molar-refractivity contribution in [3.8, 4) is 16.9 Å². The molecule has 0 unspecified atom stereocenters. The van der Waals surface area contributed by atoms with Crippen molar-refractivity contribution in [2.24, 2.45) is 0 Å². The molecule has 0 bridgehead atoms. The van der Waals surface area contributed by atoms with Gasteiger partial charge in [0.25, 0.3) is 0 Å². The number of carbonyl (C=O) groups excluding carboxylic acids is 1. The second kappa shape index (κ2) is 9.11. The average Bonchev–Trinajstić information content (AvgIpc) is 2.69. The summed E-state index contributed by atoms with van der Waals surface area (Å²) in [6, 6.07) is 25.9. The Morgan fingerprint density at radius 1 is 0.923 bits per heavy atom. The van der Waals surface area contributed by atoms with Gasteiger partial charge in [0.05, 0.1) is 12.9 Å². The zero-order valence-electron chi connectivity index (χ0n) is 14.6. The Labute approximate surface area is 158 Å². The molecule has 0 saturated carbocycles. The molecule has 3 aromatic carbocycles. The van der Waals surface area contributed by atoms with Gasteiger partial charge in [0.1, 0.15) is 5.75 Å². The van der Waals surface area contributed by atoms with E-state index in [-0.39, 0.29) is 5.91 Å². The van der Waals surface area contributed by atoms with Crippen LogP contribution in [0.25, 0.3) is 11.1 Å². The molecule has 1 N–H and O–H groups in total. The summed E-state index contributed by atoms with van der Waals surface area (Å²) in [6.45, 7) is 0. The van der Waals surface area contributed by atoms with E-state index in [9.17, 15) is 4.79 Å². The number of nitrogens with one attached hydrogen (secondary N) is 1. The van der Waals surface area contributed by atoms with Crippen LogP contribution in [0.1, 0.15) is 5.56 Å². The third-order valence-corrected chi connectivity index (χ3v) is 4.95. The smallest absolute Gasteiger partial charge is 0.234 e. The molecule has 3 rings (SSSR count). The summed E-state index contributed by atoms with van der Waals surface area (Å²) >= 11 is 1.60. The van der Waals surface area contributed by atoms with Crippen molar-refractivity contribution in [3.05, 3.63) is 84.4 Å². The van der Waals surface area contributed by atoms with Crippen LogP contribution in [0.15, 0.2) is 78.9 Å². The van der Waals surface area contributed by atoms with E-state index in [1.807, 2.05) is 78.9 Å². The molecule has 1 amide bonds. The molecule has 4 heteroatoms. The van der Waals surface area contributed by atoms with E-state index in [1.165, 1.54) is 5.56 Å². The third kappa shape index (κ3) is 4.90. The molecule has 0 heterocycles. The molecule has 3 nitrogen and oxygen atoms in total. The van der Waals surface area contributed by atoms with Gasteiger partial charge < -0.3 is 10.1 Å². The lowest BCUT2D eigenvalue weighted by molar-refractivity contribution is -0.113. The van der Waals surface area contributed by atoms with Gasteiger partial charge in [0.15, 0.2) is 0 Å². The van der Waals surface area contributed by atoms with Gasteiger partial charge in [0, 0.05) is 17.0 Å². The van der Waals surface area contributed by atoms with Crippen LogP contribution in [-0.4, -0.2) is 18.8 Å². The van der Waals surface area contributed by atoms with Crippen molar-refractivity contribution in [2.45, 2.75) is 5.75 Å².